The molecule has 0 aromatic rings. The molecule has 12 heavy (non-hydrogen) atoms. The number of aliphatic hydroxyl groups excluding tert-OH is 2. The second-order valence-corrected chi connectivity index (χ2v) is 4.16. The SMILES string of the molecule is CC(C)CC(C)(CO)C(O)CN. The van der Waals surface area contributed by atoms with Crippen LogP contribution in [-0.2, 0) is 0 Å². The highest BCUT2D eigenvalue weighted by Crippen LogP contribution is 2.28. The van der Waals surface area contributed by atoms with E-state index in [9.17, 15) is 5.11 Å². The second-order valence-electron chi connectivity index (χ2n) is 4.16. The first-order valence-electron chi connectivity index (χ1n) is 4.45. The van der Waals surface area contributed by atoms with Gasteiger partial charge in [0.05, 0.1) is 12.7 Å². The van der Waals surface area contributed by atoms with Crippen molar-refractivity contribution >= 4 is 0 Å². The molecule has 0 spiro atoms. The lowest BCUT2D eigenvalue weighted by molar-refractivity contribution is -0.0130. The topological polar surface area (TPSA) is 66.5 Å². The summed E-state index contributed by atoms with van der Waals surface area (Å²) in [5.41, 5.74) is 4.91. The highest BCUT2D eigenvalue weighted by molar-refractivity contribution is 4.83. The van der Waals surface area contributed by atoms with Gasteiger partial charge in [-0.1, -0.05) is 20.8 Å². The summed E-state index contributed by atoms with van der Waals surface area (Å²) in [6, 6.07) is 0. The Balaban J connectivity index is 4.22. The van der Waals surface area contributed by atoms with Crippen LogP contribution in [0.2, 0.25) is 0 Å². The summed E-state index contributed by atoms with van der Waals surface area (Å²) < 4.78 is 0. The van der Waals surface area contributed by atoms with Crippen molar-refractivity contribution in [1.82, 2.24) is 0 Å². The van der Waals surface area contributed by atoms with E-state index in [1.165, 1.54) is 0 Å². The Morgan fingerprint density at radius 1 is 1.42 bits per heavy atom. The van der Waals surface area contributed by atoms with Crippen LogP contribution in [0.5, 0.6) is 0 Å². The van der Waals surface area contributed by atoms with Gasteiger partial charge in [0.25, 0.3) is 0 Å². The van der Waals surface area contributed by atoms with E-state index in [2.05, 4.69) is 13.8 Å². The van der Waals surface area contributed by atoms with Crippen LogP contribution in [0.4, 0.5) is 0 Å². The second kappa shape index (κ2) is 4.80. The zero-order valence-corrected chi connectivity index (χ0v) is 8.25. The molecule has 0 saturated carbocycles. The van der Waals surface area contributed by atoms with Crippen LogP contribution in [0.1, 0.15) is 27.2 Å². The molecule has 0 bridgehead atoms. The highest BCUT2D eigenvalue weighted by Gasteiger charge is 2.31. The van der Waals surface area contributed by atoms with Crippen LogP contribution >= 0.6 is 0 Å². The Hall–Kier alpha value is -0.120. The van der Waals surface area contributed by atoms with Crippen LogP contribution in [0.3, 0.4) is 0 Å². The number of rotatable bonds is 5. The molecule has 0 saturated heterocycles. The summed E-state index contributed by atoms with van der Waals surface area (Å²) >= 11 is 0. The van der Waals surface area contributed by atoms with Gasteiger partial charge in [-0.25, -0.2) is 0 Å². The van der Waals surface area contributed by atoms with Gasteiger partial charge < -0.3 is 15.9 Å². The Labute approximate surface area is 74.6 Å². The minimum Gasteiger partial charge on any atom is -0.396 e. The van der Waals surface area contributed by atoms with Gasteiger partial charge in [-0.3, -0.25) is 0 Å². The van der Waals surface area contributed by atoms with Crippen LogP contribution < -0.4 is 5.73 Å². The maximum Gasteiger partial charge on any atom is 0.0737 e. The molecule has 3 nitrogen and oxygen atoms in total. The van der Waals surface area contributed by atoms with Gasteiger partial charge in [-0.05, 0) is 12.3 Å². The standard InChI is InChI=1S/C9H21NO2/c1-7(2)4-9(3,6-11)8(12)5-10/h7-8,11-12H,4-6,10H2,1-3H3. The van der Waals surface area contributed by atoms with Gasteiger partial charge >= 0.3 is 0 Å². The molecule has 2 atom stereocenters. The average molecular weight is 175 g/mol. The maximum absolute atomic E-state index is 9.54. The summed E-state index contributed by atoms with van der Waals surface area (Å²) in [5, 5.41) is 18.7. The first-order chi connectivity index (χ1) is 5.46. The summed E-state index contributed by atoms with van der Waals surface area (Å²) in [4.78, 5) is 0. The summed E-state index contributed by atoms with van der Waals surface area (Å²) in [6.07, 6.45) is 0.187. The summed E-state index contributed by atoms with van der Waals surface area (Å²) in [7, 11) is 0. The summed E-state index contributed by atoms with van der Waals surface area (Å²) in [6.45, 7) is 6.20. The lowest BCUT2D eigenvalue weighted by atomic mass is 9.78. The van der Waals surface area contributed by atoms with Crippen molar-refractivity contribution < 1.29 is 10.2 Å². The maximum atomic E-state index is 9.54. The van der Waals surface area contributed by atoms with Gasteiger partial charge in [-0.15, -0.1) is 0 Å². The molecule has 0 aromatic heterocycles. The third-order valence-corrected chi connectivity index (χ3v) is 2.26. The van der Waals surface area contributed by atoms with E-state index < -0.39 is 11.5 Å². The van der Waals surface area contributed by atoms with E-state index in [1.807, 2.05) is 6.92 Å². The van der Waals surface area contributed by atoms with Crippen molar-refractivity contribution in [1.29, 1.82) is 0 Å². The van der Waals surface area contributed by atoms with E-state index in [0.717, 1.165) is 6.42 Å². The van der Waals surface area contributed by atoms with Gasteiger partial charge in [0.1, 0.15) is 0 Å². The zero-order valence-electron chi connectivity index (χ0n) is 8.25. The van der Waals surface area contributed by atoms with Crippen LogP contribution in [0, 0.1) is 11.3 Å². The molecule has 0 aliphatic rings. The number of aliphatic hydroxyl groups is 2. The fourth-order valence-corrected chi connectivity index (χ4v) is 1.52. The van der Waals surface area contributed by atoms with Crippen LogP contribution in [0.25, 0.3) is 0 Å². The van der Waals surface area contributed by atoms with Crippen LogP contribution in [0.15, 0.2) is 0 Å². The Morgan fingerprint density at radius 2 is 1.92 bits per heavy atom. The molecule has 0 fully saturated rings. The number of hydrogen-bond donors (Lipinski definition) is 3. The highest BCUT2D eigenvalue weighted by atomic mass is 16.3. The molecular weight excluding hydrogens is 154 g/mol. The van der Waals surface area contributed by atoms with Crippen molar-refractivity contribution in [3.8, 4) is 0 Å². The molecule has 0 aliphatic heterocycles. The van der Waals surface area contributed by atoms with E-state index in [0.29, 0.717) is 5.92 Å². The van der Waals surface area contributed by atoms with E-state index in [1.54, 1.807) is 0 Å². The Morgan fingerprint density at radius 3 is 2.17 bits per heavy atom. The lowest BCUT2D eigenvalue weighted by Crippen LogP contribution is -2.41. The van der Waals surface area contributed by atoms with Crippen molar-refractivity contribution in [2.45, 2.75) is 33.3 Å². The molecule has 0 aliphatic carbocycles. The Bertz CT molecular complexity index is 128. The number of hydrogen-bond acceptors (Lipinski definition) is 3. The molecule has 74 valence electrons. The Kier molecular flexibility index (Phi) is 4.75. The molecule has 2 unspecified atom stereocenters. The van der Waals surface area contributed by atoms with E-state index in [-0.39, 0.29) is 13.2 Å². The largest absolute Gasteiger partial charge is 0.396 e. The molecule has 0 aromatic carbocycles. The first-order valence-corrected chi connectivity index (χ1v) is 4.45. The molecule has 0 heterocycles. The zero-order chi connectivity index (χ0) is 9.78. The first kappa shape index (κ1) is 11.9. The van der Waals surface area contributed by atoms with Crippen LogP contribution in [-0.4, -0.2) is 29.5 Å². The fraction of sp³-hybridized carbons (Fsp3) is 1.00. The lowest BCUT2D eigenvalue weighted by Gasteiger charge is -2.33. The molecule has 4 N–H and O–H groups in total. The predicted octanol–water partition coefficient (Wildman–Crippen LogP) is 0.351. The van der Waals surface area contributed by atoms with Crippen molar-refractivity contribution in [2.75, 3.05) is 13.2 Å². The van der Waals surface area contributed by atoms with Crippen molar-refractivity contribution in [3.05, 3.63) is 0 Å². The van der Waals surface area contributed by atoms with E-state index >= 15 is 0 Å². The molecule has 0 radical (unpaired) electrons. The van der Waals surface area contributed by atoms with Gasteiger partial charge in [-0.2, -0.15) is 0 Å². The third kappa shape index (κ3) is 3.09. The number of nitrogens with two attached hydrogens (primary N) is 1. The fourth-order valence-electron chi connectivity index (χ4n) is 1.52. The van der Waals surface area contributed by atoms with Gasteiger partial charge in [0.2, 0.25) is 0 Å². The normalized spacial score (nSPS) is 19.2. The minimum absolute atomic E-state index is 0.0104. The van der Waals surface area contributed by atoms with E-state index in [4.69, 9.17) is 10.8 Å². The molecular formula is C9H21NO2. The van der Waals surface area contributed by atoms with Crippen molar-refractivity contribution in [2.24, 2.45) is 17.1 Å². The predicted molar refractivity (Wildman–Crippen MR) is 49.7 cm³/mol. The quantitative estimate of drug-likeness (QED) is 0.565. The summed E-state index contributed by atoms with van der Waals surface area (Å²) in [5.74, 6) is 0.461. The minimum atomic E-state index is -0.607. The monoisotopic (exact) mass is 175 g/mol. The average Bonchev–Trinajstić information content (AvgIpc) is 2.01. The van der Waals surface area contributed by atoms with Gasteiger partial charge in [0.15, 0.2) is 0 Å². The molecule has 0 rings (SSSR count). The van der Waals surface area contributed by atoms with Crippen molar-refractivity contribution in [3.63, 3.8) is 0 Å². The smallest absolute Gasteiger partial charge is 0.0737 e. The molecule has 0 amide bonds. The van der Waals surface area contributed by atoms with Gasteiger partial charge in [0, 0.05) is 12.0 Å². The molecule has 3 heteroatoms. The third-order valence-electron chi connectivity index (χ3n) is 2.26.